The molecule has 0 saturated heterocycles. The summed E-state index contributed by atoms with van der Waals surface area (Å²) in [6.07, 6.45) is 25.5. The van der Waals surface area contributed by atoms with Crippen LogP contribution >= 0.6 is 0 Å². The van der Waals surface area contributed by atoms with Gasteiger partial charge in [-0.1, -0.05) is 110 Å². The second-order valence-corrected chi connectivity index (χ2v) is 8.79. The van der Waals surface area contributed by atoms with Crippen LogP contribution in [0.4, 0.5) is 0 Å². The van der Waals surface area contributed by atoms with E-state index in [0.717, 1.165) is 32.1 Å². The quantitative estimate of drug-likeness (QED) is 0.136. The van der Waals surface area contributed by atoms with Gasteiger partial charge in [-0.3, -0.25) is 4.79 Å². The van der Waals surface area contributed by atoms with E-state index in [4.69, 9.17) is 9.84 Å². The van der Waals surface area contributed by atoms with Gasteiger partial charge >= 0.3 is 5.97 Å². The number of unbranched alkanes of at least 4 members (excludes halogenated alkanes) is 16. The number of esters is 1. The lowest BCUT2D eigenvalue weighted by molar-refractivity contribution is -0.149. The van der Waals surface area contributed by atoms with Crippen LogP contribution in [0.3, 0.4) is 0 Å². The van der Waals surface area contributed by atoms with E-state index in [1.807, 2.05) is 0 Å². The summed E-state index contributed by atoms with van der Waals surface area (Å²) in [7, 11) is 0. The van der Waals surface area contributed by atoms with Crippen LogP contribution in [0, 0.1) is 0 Å². The molecule has 3 nitrogen and oxygen atoms in total. The Kier molecular flexibility index (Phi) is 23.2. The van der Waals surface area contributed by atoms with Crippen LogP contribution in [0.25, 0.3) is 0 Å². The van der Waals surface area contributed by atoms with Gasteiger partial charge in [-0.15, -0.1) is 0 Å². The molecule has 0 aliphatic heterocycles. The van der Waals surface area contributed by atoms with E-state index in [1.165, 1.54) is 96.3 Å². The molecule has 0 radical (unpaired) electrons. The second-order valence-electron chi connectivity index (χ2n) is 8.79. The molecule has 0 heterocycles. The minimum absolute atomic E-state index is 0.0155. The predicted molar refractivity (Wildman–Crippen MR) is 125 cm³/mol. The molecule has 0 aliphatic rings. The SMILES string of the molecule is CCCCC[C@H](CC)OC(=O)CCCCCCCCCCCCCCCCCO. The third-order valence-corrected chi connectivity index (χ3v) is 5.92. The molecule has 3 heteroatoms. The Balaban J connectivity index is 3.29. The maximum absolute atomic E-state index is 12.0. The van der Waals surface area contributed by atoms with Crippen LogP contribution in [-0.2, 0) is 9.53 Å². The summed E-state index contributed by atoms with van der Waals surface area (Å²) >= 11 is 0. The number of carbonyl (C=O) groups excluding carboxylic acids is 1. The van der Waals surface area contributed by atoms with E-state index in [2.05, 4.69) is 13.8 Å². The highest BCUT2D eigenvalue weighted by atomic mass is 16.5. The van der Waals surface area contributed by atoms with Crippen molar-refractivity contribution in [2.75, 3.05) is 6.61 Å². The Bertz CT molecular complexity index is 330. The molecule has 0 saturated carbocycles. The lowest BCUT2D eigenvalue weighted by Gasteiger charge is -2.16. The Morgan fingerprint density at radius 1 is 0.655 bits per heavy atom. The Hall–Kier alpha value is -0.570. The highest BCUT2D eigenvalue weighted by molar-refractivity contribution is 5.69. The minimum atomic E-state index is 0.0155. The van der Waals surface area contributed by atoms with Crippen molar-refractivity contribution >= 4 is 5.97 Å². The Morgan fingerprint density at radius 2 is 1.10 bits per heavy atom. The Morgan fingerprint density at radius 3 is 1.52 bits per heavy atom. The molecule has 29 heavy (non-hydrogen) atoms. The lowest BCUT2D eigenvalue weighted by Crippen LogP contribution is -2.17. The predicted octanol–water partition coefficient (Wildman–Crippen LogP) is 8.12. The van der Waals surface area contributed by atoms with E-state index in [-0.39, 0.29) is 12.1 Å². The summed E-state index contributed by atoms with van der Waals surface area (Å²) in [4.78, 5) is 12.0. The highest BCUT2D eigenvalue weighted by Crippen LogP contribution is 2.15. The van der Waals surface area contributed by atoms with Crippen LogP contribution in [-0.4, -0.2) is 23.8 Å². The van der Waals surface area contributed by atoms with Crippen molar-refractivity contribution in [1.29, 1.82) is 0 Å². The van der Waals surface area contributed by atoms with Gasteiger partial charge in [0.05, 0.1) is 0 Å². The van der Waals surface area contributed by atoms with Crippen molar-refractivity contribution < 1.29 is 14.6 Å². The number of carbonyl (C=O) groups is 1. The van der Waals surface area contributed by atoms with Gasteiger partial charge in [0.25, 0.3) is 0 Å². The standard InChI is InChI=1S/C26H52O3/c1-3-5-19-22-25(4-2)29-26(28)23-20-17-15-13-11-9-7-6-8-10-12-14-16-18-21-24-27/h25,27H,3-24H2,1-2H3/t25-/m0/s1. The first-order valence-corrected chi connectivity index (χ1v) is 13.0. The summed E-state index contributed by atoms with van der Waals surface area (Å²) in [6, 6.07) is 0. The summed E-state index contributed by atoms with van der Waals surface area (Å²) in [5.41, 5.74) is 0. The van der Waals surface area contributed by atoms with Crippen LogP contribution < -0.4 is 0 Å². The monoisotopic (exact) mass is 412 g/mol. The number of rotatable bonds is 23. The smallest absolute Gasteiger partial charge is 0.306 e. The topological polar surface area (TPSA) is 46.5 Å². The van der Waals surface area contributed by atoms with E-state index < -0.39 is 0 Å². The average Bonchev–Trinajstić information content (AvgIpc) is 2.72. The largest absolute Gasteiger partial charge is 0.462 e. The third-order valence-electron chi connectivity index (χ3n) is 5.92. The molecule has 0 aromatic carbocycles. The molecular weight excluding hydrogens is 360 g/mol. The molecule has 0 fully saturated rings. The number of aliphatic hydroxyl groups is 1. The first-order valence-electron chi connectivity index (χ1n) is 13.0. The Labute approximate surface area is 182 Å². The zero-order valence-corrected chi connectivity index (χ0v) is 19.9. The average molecular weight is 413 g/mol. The molecule has 0 unspecified atom stereocenters. The number of aliphatic hydroxyl groups excluding tert-OH is 1. The lowest BCUT2D eigenvalue weighted by atomic mass is 10.0. The highest BCUT2D eigenvalue weighted by Gasteiger charge is 2.11. The first-order chi connectivity index (χ1) is 14.2. The van der Waals surface area contributed by atoms with Crippen LogP contribution in [0.2, 0.25) is 0 Å². The van der Waals surface area contributed by atoms with Crippen molar-refractivity contribution in [2.45, 2.75) is 155 Å². The van der Waals surface area contributed by atoms with Gasteiger partial charge in [-0.25, -0.2) is 0 Å². The van der Waals surface area contributed by atoms with E-state index >= 15 is 0 Å². The van der Waals surface area contributed by atoms with E-state index in [1.54, 1.807) is 0 Å². The number of hydrogen-bond acceptors (Lipinski definition) is 3. The van der Waals surface area contributed by atoms with Gasteiger partial charge in [0.15, 0.2) is 0 Å². The van der Waals surface area contributed by atoms with Crippen molar-refractivity contribution in [3.05, 3.63) is 0 Å². The summed E-state index contributed by atoms with van der Waals surface area (Å²) in [6.45, 7) is 4.67. The maximum Gasteiger partial charge on any atom is 0.306 e. The molecule has 0 spiro atoms. The molecule has 0 aliphatic carbocycles. The molecule has 0 bridgehead atoms. The molecule has 174 valence electrons. The van der Waals surface area contributed by atoms with Gasteiger partial charge < -0.3 is 9.84 Å². The van der Waals surface area contributed by atoms with E-state index in [9.17, 15) is 4.79 Å². The van der Waals surface area contributed by atoms with Crippen molar-refractivity contribution in [3.63, 3.8) is 0 Å². The zero-order chi connectivity index (χ0) is 21.4. The molecule has 0 aromatic rings. The van der Waals surface area contributed by atoms with Gasteiger partial charge in [-0.2, -0.15) is 0 Å². The fourth-order valence-electron chi connectivity index (χ4n) is 3.89. The molecule has 0 rings (SSSR count). The minimum Gasteiger partial charge on any atom is -0.462 e. The third kappa shape index (κ3) is 21.9. The van der Waals surface area contributed by atoms with Gasteiger partial charge in [0, 0.05) is 13.0 Å². The van der Waals surface area contributed by atoms with Crippen molar-refractivity contribution in [3.8, 4) is 0 Å². The summed E-state index contributed by atoms with van der Waals surface area (Å²) in [5.74, 6) is 0.0155. The van der Waals surface area contributed by atoms with Crippen LogP contribution in [0.1, 0.15) is 149 Å². The molecular formula is C26H52O3. The second kappa shape index (κ2) is 23.7. The fourth-order valence-corrected chi connectivity index (χ4v) is 3.89. The van der Waals surface area contributed by atoms with Gasteiger partial charge in [0.2, 0.25) is 0 Å². The molecule has 1 N–H and O–H groups in total. The summed E-state index contributed by atoms with van der Waals surface area (Å²) in [5, 5.41) is 8.74. The molecule has 0 aromatic heterocycles. The van der Waals surface area contributed by atoms with Gasteiger partial charge in [-0.05, 0) is 32.1 Å². The van der Waals surface area contributed by atoms with Gasteiger partial charge in [0.1, 0.15) is 6.10 Å². The van der Waals surface area contributed by atoms with Crippen molar-refractivity contribution in [2.24, 2.45) is 0 Å². The van der Waals surface area contributed by atoms with Crippen molar-refractivity contribution in [1.82, 2.24) is 0 Å². The maximum atomic E-state index is 12.0. The normalized spacial score (nSPS) is 12.2. The number of ether oxygens (including phenoxy) is 1. The first kappa shape index (κ1) is 28.4. The summed E-state index contributed by atoms with van der Waals surface area (Å²) < 4.78 is 5.62. The zero-order valence-electron chi connectivity index (χ0n) is 19.9. The van der Waals surface area contributed by atoms with Crippen LogP contribution in [0.15, 0.2) is 0 Å². The number of hydrogen-bond donors (Lipinski definition) is 1. The van der Waals surface area contributed by atoms with Crippen LogP contribution in [0.5, 0.6) is 0 Å². The fraction of sp³-hybridized carbons (Fsp3) is 0.962. The molecule has 0 amide bonds. The molecule has 1 atom stereocenters. The van der Waals surface area contributed by atoms with E-state index in [0.29, 0.717) is 13.0 Å².